The number of hydrogen-bond acceptors (Lipinski definition) is 3. The van der Waals surface area contributed by atoms with Gasteiger partial charge < -0.3 is 15.4 Å². The Morgan fingerprint density at radius 1 is 1.15 bits per heavy atom. The molecule has 2 aliphatic heterocycles. The topological polar surface area (TPSA) is 48.9 Å². The average Bonchev–Trinajstić information content (AvgIpc) is 3.19. The maximum absolute atomic E-state index is 13.0. The number of nitrogens with one attached hydrogen (secondary N) is 2. The van der Waals surface area contributed by atoms with E-state index in [4.69, 9.17) is 4.74 Å². The molecule has 0 aliphatic carbocycles. The minimum absolute atomic E-state index is 0. The van der Waals surface area contributed by atoms with Crippen molar-refractivity contribution in [2.75, 3.05) is 39.9 Å². The summed E-state index contributed by atoms with van der Waals surface area (Å²) in [5, 5.41) is 6.83. The maximum Gasteiger partial charge on any atom is 0.191 e. The van der Waals surface area contributed by atoms with Crippen LogP contribution in [0.15, 0.2) is 29.3 Å². The van der Waals surface area contributed by atoms with Crippen molar-refractivity contribution in [1.82, 2.24) is 15.5 Å². The quantitative estimate of drug-likeness (QED) is 0.390. The van der Waals surface area contributed by atoms with E-state index in [1.807, 2.05) is 0 Å². The first kappa shape index (κ1) is 21.4. The molecule has 0 unspecified atom stereocenters. The molecule has 0 spiro atoms. The molecule has 0 atom stereocenters. The van der Waals surface area contributed by atoms with Crippen LogP contribution in [-0.2, 0) is 11.3 Å². The third-order valence-corrected chi connectivity index (χ3v) is 5.38. The van der Waals surface area contributed by atoms with Crippen molar-refractivity contribution in [3.63, 3.8) is 0 Å². The molecule has 0 aromatic heterocycles. The van der Waals surface area contributed by atoms with Crippen LogP contribution in [0.2, 0.25) is 0 Å². The van der Waals surface area contributed by atoms with Gasteiger partial charge in [-0.15, -0.1) is 24.0 Å². The summed E-state index contributed by atoms with van der Waals surface area (Å²) in [6.45, 7) is 5.53. The average molecular weight is 476 g/mol. The molecular formula is C19H30FIN4O. The van der Waals surface area contributed by atoms with E-state index >= 15 is 0 Å². The first-order valence-corrected chi connectivity index (χ1v) is 9.24. The Morgan fingerprint density at radius 3 is 2.42 bits per heavy atom. The SMILES string of the molecule is CN=C(NCc1ccc(F)cc1)NCC1(N2CCCC2)CCOCC1.I. The van der Waals surface area contributed by atoms with Gasteiger partial charge >= 0.3 is 0 Å². The molecule has 2 fully saturated rings. The normalized spacial score (nSPS) is 20.5. The second-order valence-electron chi connectivity index (χ2n) is 6.94. The minimum atomic E-state index is -0.210. The third-order valence-electron chi connectivity index (χ3n) is 5.38. The van der Waals surface area contributed by atoms with Gasteiger partial charge in [-0.2, -0.15) is 0 Å². The van der Waals surface area contributed by atoms with Crippen LogP contribution in [0.4, 0.5) is 4.39 Å². The van der Waals surface area contributed by atoms with E-state index in [0.29, 0.717) is 6.54 Å². The zero-order valence-electron chi connectivity index (χ0n) is 15.5. The molecule has 2 N–H and O–H groups in total. The first-order valence-electron chi connectivity index (χ1n) is 9.24. The predicted molar refractivity (Wildman–Crippen MR) is 114 cm³/mol. The van der Waals surface area contributed by atoms with Crippen molar-refractivity contribution in [2.24, 2.45) is 4.99 Å². The van der Waals surface area contributed by atoms with Gasteiger partial charge in [-0.25, -0.2) is 4.39 Å². The number of aliphatic imine (C=N–C) groups is 1. The summed E-state index contributed by atoms with van der Waals surface area (Å²) in [5.74, 6) is 0.577. The largest absolute Gasteiger partial charge is 0.381 e. The van der Waals surface area contributed by atoms with Crippen molar-refractivity contribution < 1.29 is 9.13 Å². The molecule has 5 nitrogen and oxygen atoms in total. The van der Waals surface area contributed by atoms with Gasteiger partial charge in [0.1, 0.15) is 5.82 Å². The van der Waals surface area contributed by atoms with Crippen LogP contribution in [0.1, 0.15) is 31.2 Å². The molecule has 146 valence electrons. The number of benzene rings is 1. The summed E-state index contributed by atoms with van der Waals surface area (Å²) >= 11 is 0. The van der Waals surface area contributed by atoms with Crippen LogP contribution in [0.3, 0.4) is 0 Å². The standard InChI is InChI=1S/C19H29FN4O.HI/c1-21-18(22-14-16-4-6-17(20)7-5-16)23-15-19(8-12-25-13-9-19)24-10-2-3-11-24;/h4-7H,2-3,8-15H2,1H3,(H2,21,22,23);1H. The lowest BCUT2D eigenvalue weighted by Gasteiger charge is -2.45. The lowest BCUT2D eigenvalue weighted by molar-refractivity contribution is -0.0164. The molecule has 0 radical (unpaired) electrons. The molecule has 0 amide bonds. The molecule has 7 heteroatoms. The van der Waals surface area contributed by atoms with Gasteiger partial charge in [0.25, 0.3) is 0 Å². The van der Waals surface area contributed by atoms with Crippen molar-refractivity contribution in [3.05, 3.63) is 35.6 Å². The smallest absolute Gasteiger partial charge is 0.191 e. The summed E-state index contributed by atoms with van der Waals surface area (Å²) < 4.78 is 18.6. The highest BCUT2D eigenvalue weighted by Gasteiger charge is 2.39. The van der Waals surface area contributed by atoms with Crippen LogP contribution < -0.4 is 10.6 Å². The molecule has 26 heavy (non-hydrogen) atoms. The van der Waals surface area contributed by atoms with Gasteiger partial charge in [0, 0.05) is 38.9 Å². The Hall–Kier alpha value is -0.930. The molecule has 1 aromatic rings. The number of rotatable bonds is 5. The lowest BCUT2D eigenvalue weighted by atomic mass is 9.88. The van der Waals surface area contributed by atoms with E-state index in [-0.39, 0.29) is 35.3 Å². The second-order valence-corrected chi connectivity index (χ2v) is 6.94. The van der Waals surface area contributed by atoms with Crippen LogP contribution in [0, 0.1) is 5.82 Å². The second kappa shape index (κ2) is 10.4. The highest BCUT2D eigenvalue weighted by molar-refractivity contribution is 14.0. The molecular weight excluding hydrogens is 446 g/mol. The highest BCUT2D eigenvalue weighted by Crippen LogP contribution is 2.30. The van der Waals surface area contributed by atoms with Crippen LogP contribution in [0.25, 0.3) is 0 Å². The molecule has 2 aliphatic rings. The fourth-order valence-corrected chi connectivity index (χ4v) is 3.80. The summed E-state index contributed by atoms with van der Waals surface area (Å²) in [4.78, 5) is 6.97. The van der Waals surface area contributed by atoms with Gasteiger partial charge in [0.15, 0.2) is 5.96 Å². The van der Waals surface area contributed by atoms with Crippen molar-refractivity contribution in [2.45, 2.75) is 37.8 Å². The fourth-order valence-electron chi connectivity index (χ4n) is 3.80. The van der Waals surface area contributed by atoms with Gasteiger partial charge in [-0.05, 0) is 56.5 Å². The zero-order chi connectivity index (χ0) is 17.5. The Kier molecular flexibility index (Phi) is 8.56. The Balaban J connectivity index is 0.00000243. The summed E-state index contributed by atoms with van der Waals surface area (Å²) in [6.07, 6.45) is 4.71. The summed E-state index contributed by atoms with van der Waals surface area (Å²) in [7, 11) is 1.78. The van der Waals surface area contributed by atoms with Gasteiger partial charge in [0.05, 0.1) is 0 Å². The number of hydrogen-bond donors (Lipinski definition) is 2. The van der Waals surface area contributed by atoms with Gasteiger partial charge in [-0.1, -0.05) is 12.1 Å². The van der Waals surface area contributed by atoms with E-state index < -0.39 is 0 Å². The van der Waals surface area contributed by atoms with Gasteiger partial charge in [0.2, 0.25) is 0 Å². The molecule has 2 heterocycles. The summed E-state index contributed by atoms with van der Waals surface area (Å²) in [5.41, 5.74) is 1.20. The predicted octanol–water partition coefficient (Wildman–Crippen LogP) is 2.75. The number of nitrogens with zero attached hydrogens (tertiary/aromatic N) is 2. The monoisotopic (exact) mass is 476 g/mol. The molecule has 2 saturated heterocycles. The van der Waals surface area contributed by atoms with Crippen LogP contribution in [-0.4, -0.2) is 56.3 Å². The Bertz CT molecular complexity index is 569. The van der Waals surface area contributed by atoms with Crippen molar-refractivity contribution in [1.29, 1.82) is 0 Å². The minimum Gasteiger partial charge on any atom is -0.381 e. The Labute approximate surface area is 172 Å². The number of ether oxygens (including phenoxy) is 1. The number of likely N-dealkylation sites (tertiary alicyclic amines) is 1. The third kappa shape index (κ3) is 5.53. The highest BCUT2D eigenvalue weighted by atomic mass is 127. The lowest BCUT2D eigenvalue weighted by Crippen LogP contribution is -2.58. The number of guanidine groups is 1. The van der Waals surface area contributed by atoms with E-state index in [1.165, 1.54) is 38.1 Å². The number of halogens is 2. The van der Waals surface area contributed by atoms with E-state index in [2.05, 4.69) is 20.5 Å². The molecule has 1 aromatic carbocycles. The fraction of sp³-hybridized carbons (Fsp3) is 0.632. The Morgan fingerprint density at radius 2 is 1.81 bits per heavy atom. The van der Waals surface area contributed by atoms with Crippen molar-refractivity contribution >= 4 is 29.9 Å². The molecule has 0 saturated carbocycles. The molecule has 0 bridgehead atoms. The molecule has 3 rings (SSSR count). The van der Waals surface area contributed by atoms with Gasteiger partial charge in [-0.3, -0.25) is 9.89 Å². The first-order chi connectivity index (χ1) is 12.2. The maximum atomic E-state index is 13.0. The van der Waals surface area contributed by atoms with E-state index in [9.17, 15) is 4.39 Å². The summed E-state index contributed by atoms with van der Waals surface area (Å²) in [6, 6.07) is 6.55. The van der Waals surface area contributed by atoms with E-state index in [1.54, 1.807) is 19.2 Å². The van der Waals surface area contributed by atoms with Crippen LogP contribution >= 0.6 is 24.0 Å². The van der Waals surface area contributed by atoms with Crippen molar-refractivity contribution in [3.8, 4) is 0 Å². The zero-order valence-corrected chi connectivity index (χ0v) is 17.8. The van der Waals surface area contributed by atoms with Crippen LogP contribution in [0.5, 0.6) is 0 Å². The van der Waals surface area contributed by atoms with E-state index in [0.717, 1.165) is 44.1 Å².